The summed E-state index contributed by atoms with van der Waals surface area (Å²) in [6.45, 7) is 0.496. The Labute approximate surface area is 119 Å². The molecule has 0 aliphatic rings. The summed E-state index contributed by atoms with van der Waals surface area (Å²) in [5.74, 6) is 0.270. The summed E-state index contributed by atoms with van der Waals surface area (Å²) < 4.78 is 44.8. The lowest BCUT2D eigenvalue weighted by Crippen LogP contribution is -2.17. The molecule has 0 amide bonds. The number of nitrogens with zero attached hydrogens (tertiary/aromatic N) is 1. The van der Waals surface area contributed by atoms with Gasteiger partial charge in [-0.25, -0.2) is 4.98 Å². The van der Waals surface area contributed by atoms with E-state index >= 15 is 0 Å². The number of hydrogen-bond acceptors (Lipinski definition) is 4. The third-order valence-electron chi connectivity index (χ3n) is 2.59. The Morgan fingerprint density at radius 2 is 1.81 bits per heavy atom. The largest absolute Gasteiger partial charge is 0.573 e. The molecule has 0 radical (unpaired) electrons. The molecule has 1 aromatic heterocycles. The lowest BCUT2D eigenvalue weighted by molar-refractivity contribution is -0.274. The number of halogens is 3. The number of alkyl halides is 3. The Hall–Kier alpha value is -2.44. The van der Waals surface area contributed by atoms with Crippen LogP contribution in [0.4, 0.5) is 18.9 Å². The van der Waals surface area contributed by atoms with E-state index in [9.17, 15) is 13.2 Å². The molecule has 0 aliphatic heterocycles. The van der Waals surface area contributed by atoms with E-state index in [1.807, 2.05) is 6.07 Å². The van der Waals surface area contributed by atoms with Crippen molar-refractivity contribution >= 4 is 5.69 Å². The first-order valence-corrected chi connectivity index (χ1v) is 6.05. The normalized spacial score (nSPS) is 11.0. The first kappa shape index (κ1) is 15.0. The van der Waals surface area contributed by atoms with Gasteiger partial charge >= 0.3 is 6.36 Å². The maximum absolute atomic E-state index is 12.0. The van der Waals surface area contributed by atoms with E-state index in [-0.39, 0.29) is 5.75 Å². The minimum absolute atomic E-state index is 0.251. The standard InChI is InChI=1S/C14H13F3N2O2/c1-20-13-7-2-10(9-19-13)8-18-11-3-5-12(6-4-11)21-14(15,16)17/h2-7,9,18H,8H2,1H3. The second kappa shape index (κ2) is 6.34. The molecule has 0 saturated carbocycles. The van der Waals surface area contributed by atoms with Crippen LogP contribution in [0, 0.1) is 0 Å². The number of anilines is 1. The average molecular weight is 298 g/mol. The van der Waals surface area contributed by atoms with Crippen molar-refractivity contribution in [2.45, 2.75) is 12.9 Å². The van der Waals surface area contributed by atoms with E-state index < -0.39 is 6.36 Å². The van der Waals surface area contributed by atoms with E-state index in [2.05, 4.69) is 15.0 Å². The van der Waals surface area contributed by atoms with Gasteiger partial charge in [-0.3, -0.25) is 0 Å². The topological polar surface area (TPSA) is 43.4 Å². The maximum atomic E-state index is 12.0. The lowest BCUT2D eigenvalue weighted by Gasteiger charge is -2.10. The van der Waals surface area contributed by atoms with Crippen molar-refractivity contribution in [3.05, 3.63) is 48.2 Å². The fourth-order valence-electron chi connectivity index (χ4n) is 1.61. The SMILES string of the molecule is COc1ccc(CNc2ccc(OC(F)(F)F)cc2)cn1. The summed E-state index contributed by atoms with van der Waals surface area (Å²) in [4.78, 5) is 4.06. The van der Waals surface area contributed by atoms with Gasteiger partial charge in [0.1, 0.15) is 5.75 Å². The molecule has 2 aromatic rings. The van der Waals surface area contributed by atoms with Crippen LogP contribution in [-0.4, -0.2) is 18.5 Å². The van der Waals surface area contributed by atoms with Gasteiger partial charge in [-0.05, 0) is 29.8 Å². The molecule has 112 valence electrons. The first-order chi connectivity index (χ1) is 9.96. The number of pyridine rings is 1. The van der Waals surface area contributed by atoms with Gasteiger partial charge in [0, 0.05) is 24.5 Å². The quantitative estimate of drug-likeness (QED) is 0.916. The summed E-state index contributed by atoms with van der Waals surface area (Å²) in [5, 5.41) is 3.07. The van der Waals surface area contributed by atoms with E-state index in [1.165, 1.54) is 31.4 Å². The second-order valence-corrected chi connectivity index (χ2v) is 4.13. The molecule has 0 atom stereocenters. The summed E-state index contributed by atoms with van der Waals surface area (Å²) in [6.07, 6.45) is -3.02. The highest BCUT2D eigenvalue weighted by atomic mass is 19.4. The number of methoxy groups -OCH3 is 1. The predicted octanol–water partition coefficient (Wildman–Crippen LogP) is 3.60. The molecule has 7 heteroatoms. The monoisotopic (exact) mass is 298 g/mol. The predicted molar refractivity (Wildman–Crippen MR) is 71.2 cm³/mol. The molecule has 0 spiro atoms. The molecular weight excluding hydrogens is 285 g/mol. The molecular formula is C14H13F3N2O2. The van der Waals surface area contributed by atoms with Crippen LogP contribution in [-0.2, 0) is 6.54 Å². The number of nitrogens with one attached hydrogen (secondary N) is 1. The summed E-state index contributed by atoms with van der Waals surface area (Å²) in [5.41, 5.74) is 1.60. The molecule has 0 unspecified atom stereocenters. The van der Waals surface area contributed by atoms with Crippen LogP contribution in [0.2, 0.25) is 0 Å². The van der Waals surface area contributed by atoms with Crippen molar-refractivity contribution in [1.29, 1.82) is 0 Å². The Balaban J connectivity index is 1.91. The zero-order valence-corrected chi connectivity index (χ0v) is 11.1. The molecule has 4 nitrogen and oxygen atoms in total. The molecule has 0 saturated heterocycles. The van der Waals surface area contributed by atoms with Gasteiger partial charge in [0.05, 0.1) is 7.11 Å². The molecule has 1 N–H and O–H groups in total. The highest BCUT2D eigenvalue weighted by Crippen LogP contribution is 2.24. The van der Waals surface area contributed by atoms with Crippen molar-refractivity contribution < 1.29 is 22.6 Å². The van der Waals surface area contributed by atoms with Crippen LogP contribution in [0.1, 0.15) is 5.56 Å². The van der Waals surface area contributed by atoms with Crippen molar-refractivity contribution in [2.24, 2.45) is 0 Å². The highest BCUT2D eigenvalue weighted by molar-refractivity contribution is 5.46. The van der Waals surface area contributed by atoms with Gasteiger partial charge in [0.25, 0.3) is 0 Å². The van der Waals surface area contributed by atoms with E-state index in [0.29, 0.717) is 18.1 Å². The van der Waals surface area contributed by atoms with Crippen LogP contribution in [0.15, 0.2) is 42.6 Å². The first-order valence-electron chi connectivity index (χ1n) is 6.05. The second-order valence-electron chi connectivity index (χ2n) is 4.13. The third kappa shape index (κ3) is 4.87. The Bertz CT molecular complexity index is 568. The summed E-state index contributed by atoms with van der Waals surface area (Å²) in [6, 6.07) is 9.11. The fraction of sp³-hybridized carbons (Fsp3) is 0.214. The third-order valence-corrected chi connectivity index (χ3v) is 2.59. The molecule has 21 heavy (non-hydrogen) atoms. The Kier molecular flexibility index (Phi) is 4.52. The lowest BCUT2D eigenvalue weighted by atomic mass is 10.2. The van der Waals surface area contributed by atoms with Crippen LogP contribution < -0.4 is 14.8 Å². The molecule has 0 bridgehead atoms. The van der Waals surface area contributed by atoms with E-state index in [4.69, 9.17) is 4.74 Å². The van der Waals surface area contributed by atoms with Gasteiger partial charge in [-0.2, -0.15) is 0 Å². The number of hydrogen-bond donors (Lipinski definition) is 1. The van der Waals surface area contributed by atoms with Crippen molar-refractivity contribution in [3.8, 4) is 11.6 Å². The van der Waals surface area contributed by atoms with E-state index in [0.717, 1.165) is 5.56 Å². The summed E-state index contributed by atoms with van der Waals surface area (Å²) in [7, 11) is 1.53. The van der Waals surface area contributed by atoms with Crippen LogP contribution in [0.25, 0.3) is 0 Å². The fourth-order valence-corrected chi connectivity index (χ4v) is 1.61. The van der Waals surface area contributed by atoms with Gasteiger partial charge < -0.3 is 14.8 Å². The van der Waals surface area contributed by atoms with E-state index in [1.54, 1.807) is 12.3 Å². The highest BCUT2D eigenvalue weighted by Gasteiger charge is 2.30. The minimum Gasteiger partial charge on any atom is -0.481 e. The Morgan fingerprint density at radius 3 is 2.33 bits per heavy atom. The van der Waals surface area contributed by atoms with Gasteiger partial charge in [-0.1, -0.05) is 6.07 Å². The van der Waals surface area contributed by atoms with Crippen LogP contribution >= 0.6 is 0 Å². The molecule has 0 fully saturated rings. The smallest absolute Gasteiger partial charge is 0.481 e. The summed E-state index contributed by atoms with van der Waals surface area (Å²) >= 11 is 0. The van der Waals surface area contributed by atoms with Gasteiger partial charge in [0.2, 0.25) is 5.88 Å². The number of ether oxygens (including phenoxy) is 2. The number of rotatable bonds is 5. The zero-order chi connectivity index (χ0) is 15.3. The van der Waals surface area contributed by atoms with Gasteiger partial charge in [-0.15, -0.1) is 13.2 Å². The molecule has 1 heterocycles. The molecule has 0 aliphatic carbocycles. The number of benzene rings is 1. The molecule has 1 aromatic carbocycles. The Morgan fingerprint density at radius 1 is 1.10 bits per heavy atom. The molecule has 2 rings (SSSR count). The van der Waals surface area contributed by atoms with Crippen molar-refractivity contribution in [1.82, 2.24) is 4.98 Å². The number of aromatic nitrogens is 1. The maximum Gasteiger partial charge on any atom is 0.573 e. The average Bonchev–Trinajstić information content (AvgIpc) is 2.45. The van der Waals surface area contributed by atoms with Crippen molar-refractivity contribution in [3.63, 3.8) is 0 Å². The van der Waals surface area contributed by atoms with Crippen LogP contribution in [0.3, 0.4) is 0 Å². The van der Waals surface area contributed by atoms with Gasteiger partial charge in [0.15, 0.2) is 0 Å². The van der Waals surface area contributed by atoms with Crippen molar-refractivity contribution in [2.75, 3.05) is 12.4 Å². The minimum atomic E-state index is -4.68. The zero-order valence-electron chi connectivity index (χ0n) is 11.1. The van der Waals surface area contributed by atoms with Crippen LogP contribution in [0.5, 0.6) is 11.6 Å².